The molecule has 1 unspecified atom stereocenters. The second kappa shape index (κ2) is 13.3. The number of nitrogens with one attached hydrogen (secondary N) is 2. The summed E-state index contributed by atoms with van der Waals surface area (Å²) in [6.07, 6.45) is 0.864. The SMILES string of the molecule is Cc1cn(C)c(=O)c(NC(=O)NC(CC(=O)[O-])c2cccc(-c3ccc(Cl)cc3)c2)c1[O-].[Na+].[Na+]. The molecule has 3 aromatic rings. The molecule has 2 aromatic carbocycles. The first-order chi connectivity index (χ1) is 15.2. The predicted octanol–water partition coefficient (Wildman–Crippen LogP) is -3.90. The molecule has 0 bridgehead atoms. The average molecular weight is 500 g/mol. The monoisotopic (exact) mass is 499 g/mol. The van der Waals surface area contributed by atoms with Crippen molar-refractivity contribution in [3.63, 3.8) is 0 Å². The molecule has 1 heterocycles. The van der Waals surface area contributed by atoms with Gasteiger partial charge in [0.1, 0.15) is 5.69 Å². The van der Waals surface area contributed by atoms with Gasteiger partial charge in [0.2, 0.25) is 0 Å². The van der Waals surface area contributed by atoms with E-state index in [9.17, 15) is 24.6 Å². The number of urea groups is 1. The number of carbonyl (C=O) groups excluding carboxylic acids is 2. The molecule has 8 nitrogen and oxygen atoms in total. The molecule has 166 valence electrons. The fraction of sp³-hybridized carbons (Fsp3) is 0.174. The normalized spacial score (nSPS) is 10.9. The van der Waals surface area contributed by atoms with Gasteiger partial charge in [-0.25, -0.2) is 4.79 Å². The van der Waals surface area contributed by atoms with E-state index in [0.717, 1.165) is 11.1 Å². The van der Waals surface area contributed by atoms with Crippen molar-refractivity contribution >= 4 is 29.3 Å². The molecule has 3 rings (SSSR count). The van der Waals surface area contributed by atoms with Crippen molar-refractivity contribution in [2.24, 2.45) is 7.05 Å². The van der Waals surface area contributed by atoms with Crippen LogP contribution in [0.1, 0.15) is 23.6 Å². The third-order valence-corrected chi connectivity index (χ3v) is 5.14. The van der Waals surface area contributed by atoms with Gasteiger partial charge in [-0.1, -0.05) is 47.7 Å². The van der Waals surface area contributed by atoms with E-state index in [0.29, 0.717) is 10.6 Å². The zero-order chi connectivity index (χ0) is 23.4. The second-order valence-electron chi connectivity index (χ2n) is 7.29. The molecule has 11 heteroatoms. The third kappa shape index (κ3) is 7.61. The molecule has 0 saturated heterocycles. The number of carboxylic acid groups (broad SMARTS) is 1. The Bertz CT molecular complexity index is 1230. The Morgan fingerprint density at radius 2 is 1.74 bits per heavy atom. The van der Waals surface area contributed by atoms with E-state index in [1.807, 2.05) is 18.2 Å². The molecule has 0 aliphatic carbocycles. The molecule has 0 saturated carbocycles. The maximum absolute atomic E-state index is 12.6. The topological polar surface area (TPSA) is 126 Å². The van der Waals surface area contributed by atoms with Crippen LogP contribution in [0.5, 0.6) is 5.75 Å². The Labute approximate surface area is 245 Å². The number of halogens is 1. The first kappa shape index (κ1) is 30.3. The van der Waals surface area contributed by atoms with E-state index in [1.54, 1.807) is 30.3 Å². The van der Waals surface area contributed by atoms with Gasteiger partial charge in [-0.2, -0.15) is 0 Å². The van der Waals surface area contributed by atoms with Crippen LogP contribution in [-0.2, 0) is 11.8 Å². The molecular weight excluding hydrogens is 480 g/mol. The van der Waals surface area contributed by atoms with E-state index in [2.05, 4.69) is 10.6 Å². The van der Waals surface area contributed by atoms with Crippen molar-refractivity contribution < 1.29 is 78.9 Å². The summed E-state index contributed by atoms with van der Waals surface area (Å²) in [5, 5.41) is 28.9. The van der Waals surface area contributed by atoms with Gasteiger partial charge in [0.15, 0.2) is 0 Å². The number of nitrogens with zero attached hydrogens (tertiary/aromatic N) is 1. The maximum Gasteiger partial charge on any atom is 1.00 e. The summed E-state index contributed by atoms with van der Waals surface area (Å²) >= 11 is 5.93. The summed E-state index contributed by atoms with van der Waals surface area (Å²) in [7, 11) is 1.46. The number of aliphatic carboxylic acids is 1. The number of anilines is 1. The number of benzene rings is 2. The molecule has 2 N–H and O–H groups in total. The van der Waals surface area contributed by atoms with Crippen molar-refractivity contribution in [3.05, 3.63) is 81.2 Å². The van der Waals surface area contributed by atoms with E-state index in [1.165, 1.54) is 24.7 Å². The van der Waals surface area contributed by atoms with Crippen LogP contribution in [0.15, 0.2) is 59.5 Å². The van der Waals surface area contributed by atoms with Crippen molar-refractivity contribution in [2.75, 3.05) is 5.32 Å². The smallest absolute Gasteiger partial charge is 0.871 e. The summed E-state index contributed by atoms with van der Waals surface area (Å²) in [5.41, 5.74) is 1.36. The quantitative estimate of drug-likeness (QED) is 0.335. The third-order valence-electron chi connectivity index (χ3n) is 4.89. The van der Waals surface area contributed by atoms with Crippen LogP contribution >= 0.6 is 11.6 Å². The van der Waals surface area contributed by atoms with Gasteiger partial charge < -0.3 is 30.2 Å². The van der Waals surface area contributed by atoms with Gasteiger partial charge in [-0.05, 0) is 47.4 Å². The summed E-state index contributed by atoms with van der Waals surface area (Å²) in [5.74, 6) is -1.98. The summed E-state index contributed by atoms with van der Waals surface area (Å²) in [6, 6.07) is 12.2. The van der Waals surface area contributed by atoms with Crippen LogP contribution in [0.25, 0.3) is 11.1 Å². The van der Waals surface area contributed by atoms with Crippen LogP contribution in [0, 0.1) is 6.92 Å². The molecule has 1 atom stereocenters. The molecular formula is C23H20ClN3Na2O5. The number of carbonyl (C=O) groups is 2. The summed E-state index contributed by atoms with van der Waals surface area (Å²) in [4.78, 5) is 36.1. The Morgan fingerprint density at radius 1 is 1.09 bits per heavy atom. The van der Waals surface area contributed by atoms with Crippen LogP contribution in [0.3, 0.4) is 0 Å². The molecule has 0 aliphatic heterocycles. The van der Waals surface area contributed by atoms with Crippen molar-refractivity contribution in [1.29, 1.82) is 0 Å². The molecule has 0 spiro atoms. The largest absolute Gasteiger partial charge is 1.00 e. The fourth-order valence-electron chi connectivity index (χ4n) is 3.29. The van der Waals surface area contributed by atoms with Crippen LogP contribution in [0.2, 0.25) is 5.02 Å². The standard InChI is InChI=1S/C23H22ClN3O5.2Na/c1-13-12-27(2)22(31)20(21(13)30)26-23(32)25-18(11-19(28)29)16-5-3-4-15(10-16)14-6-8-17(24)9-7-14;;/h3-10,12,18,30H,11H2,1-2H3,(H,28,29)(H2,25,26,32);;/q;2*+1/p-2. The number of aryl methyl sites for hydroxylation is 2. The Kier molecular flexibility index (Phi) is 11.9. The van der Waals surface area contributed by atoms with E-state index in [-0.39, 0.29) is 64.7 Å². The first-order valence-electron chi connectivity index (χ1n) is 9.66. The van der Waals surface area contributed by atoms with Gasteiger partial charge in [-0.15, -0.1) is 0 Å². The summed E-state index contributed by atoms with van der Waals surface area (Å²) in [6.45, 7) is 1.52. The number of carboxylic acids is 1. The van der Waals surface area contributed by atoms with Gasteiger partial charge >= 0.3 is 65.1 Å². The van der Waals surface area contributed by atoms with Crippen molar-refractivity contribution in [1.82, 2.24) is 9.88 Å². The summed E-state index contributed by atoms with van der Waals surface area (Å²) < 4.78 is 1.18. The average Bonchev–Trinajstić information content (AvgIpc) is 2.75. The zero-order valence-corrected chi connectivity index (χ0v) is 24.1. The minimum Gasteiger partial charge on any atom is -0.871 e. The maximum atomic E-state index is 12.6. The number of pyridine rings is 1. The first-order valence-corrected chi connectivity index (χ1v) is 10.0. The Hall–Kier alpha value is -1.78. The molecule has 0 fully saturated rings. The number of aromatic nitrogens is 1. The van der Waals surface area contributed by atoms with Gasteiger partial charge in [-0.3, -0.25) is 4.79 Å². The minimum atomic E-state index is -1.37. The van der Waals surface area contributed by atoms with Crippen LogP contribution in [0.4, 0.5) is 10.5 Å². The van der Waals surface area contributed by atoms with E-state index >= 15 is 0 Å². The predicted molar refractivity (Wildman–Crippen MR) is 117 cm³/mol. The second-order valence-corrected chi connectivity index (χ2v) is 7.73. The molecule has 0 aliphatic rings. The van der Waals surface area contributed by atoms with Gasteiger partial charge in [0.25, 0.3) is 5.56 Å². The molecule has 0 radical (unpaired) electrons. The molecule has 34 heavy (non-hydrogen) atoms. The molecule has 2 amide bonds. The number of hydrogen-bond donors (Lipinski definition) is 2. The fourth-order valence-corrected chi connectivity index (χ4v) is 3.42. The van der Waals surface area contributed by atoms with Gasteiger partial charge in [0.05, 0.1) is 6.04 Å². The van der Waals surface area contributed by atoms with E-state index < -0.39 is 41.5 Å². The van der Waals surface area contributed by atoms with Crippen molar-refractivity contribution in [2.45, 2.75) is 19.4 Å². The number of amides is 2. The van der Waals surface area contributed by atoms with Crippen LogP contribution < -0.4 is 85.5 Å². The van der Waals surface area contributed by atoms with Crippen LogP contribution in [-0.4, -0.2) is 16.6 Å². The zero-order valence-electron chi connectivity index (χ0n) is 19.3. The number of rotatable bonds is 6. The molecule has 1 aromatic heterocycles. The number of hydrogen-bond acceptors (Lipinski definition) is 5. The van der Waals surface area contributed by atoms with Crippen molar-refractivity contribution in [3.8, 4) is 16.9 Å². The van der Waals surface area contributed by atoms with E-state index in [4.69, 9.17) is 11.6 Å². The Morgan fingerprint density at radius 3 is 2.35 bits per heavy atom. The Balaban J connectivity index is 0.00000289. The van der Waals surface area contributed by atoms with Gasteiger partial charge in [0, 0.05) is 30.7 Å². The minimum absolute atomic E-state index is 0.